The summed E-state index contributed by atoms with van der Waals surface area (Å²) in [6.07, 6.45) is 0. The Hall–Kier alpha value is -1.39. The molecule has 108 valence electrons. The van der Waals surface area contributed by atoms with E-state index in [9.17, 15) is 0 Å². The molecule has 0 saturated carbocycles. The van der Waals surface area contributed by atoms with E-state index >= 15 is 0 Å². The Morgan fingerprint density at radius 3 is 2.40 bits per heavy atom. The minimum atomic E-state index is 0.0679. The summed E-state index contributed by atoms with van der Waals surface area (Å²) in [5.41, 5.74) is 2.42. The van der Waals surface area contributed by atoms with E-state index in [-0.39, 0.29) is 5.41 Å². The Kier molecular flexibility index (Phi) is 4.45. The van der Waals surface area contributed by atoms with Gasteiger partial charge in [0, 0.05) is 29.6 Å². The van der Waals surface area contributed by atoms with Gasteiger partial charge in [-0.05, 0) is 19.2 Å². The molecule has 0 aliphatic heterocycles. The number of rotatable bonds is 4. The molecule has 3 nitrogen and oxygen atoms in total. The molecule has 2 aromatic rings. The molecule has 1 N–H and O–H groups in total. The quantitative estimate of drug-likeness (QED) is 0.924. The third kappa shape index (κ3) is 3.19. The van der Waals surface area contributed by atoms with Crippen molar-refractivity contribution in [1.29, 1.82) is 0 Å². The molecule has 20 heavy (non-hydrogen) atoms. The minimum absolute atomic E-state index is 0.0679. The normalized spacial score (nSPS) is 11.7. The first kappa shape index (κ1) is 15.0. The van der Waals surface area contributed by atoms with Crippen molar-refractivity contribution in [2.45, 2.75) is 32.7 Å². The van der Waals surface area contributed by atoms with Crippen LogP contribution in [-0.4, -0.2) is 19.1 Å². The number of hydrogen-bond donors (Lipinski definition) is 1. The summed E-state index contributed by atoms with van der Waals surface area (Å²) in [7, 11) is 4.05. The fraction of sp³-hybridized carbons (Fsp3) is 0.438. The first-order valence-electron chi connectivity index (χ1n) is 6.87. The van der Waals surface area contributed by atoms with E-state index in [1.807, 2.05) is 13.1 Å². The highest BCUT2D eigenvalue weighted by Crippen LogP contribution is 2.35. The van der Waals surface area contributed by atoms with Crippen LogP contribution >= 0.6 is 11.3 Å². The van der Waals surface area contributed by atoms with Crippen molar-refractivity contribution in [2.75, 3.05) is 19.0 Å². The van der Waals surface area contributed by atoms with Crippen LogP contribution in [0.15, 0.2) is 30.3 Å². The van der Waals surface area contributed by atoms with E-state index in [0.717, 1.165) is 17.4 Å². The van der Waals surface area contributed by atoms with Crippen molar-refractivity contribution in [1.82, 2.24) is 10.3 Å². The highest BCUT2D eigenvalue weighted by Gasteiger charge is 2.24. The maximum absolute atomic E-state index is 4.88. The number of nitrogens with zero attached hydrogens (tertiary/aromatic N) is 2. The first-order valence-corrected chi connectivity index (χ1v) is 7.68. The molecule has 4 heteroatoms. The second kappa shape index (κ2) is 5.94. The Morgan fingerprint density at radius 1 is 1.20 bits per heavy atom. The van der Waals surface area contributed by atoms with Crippen LogP contribution in [0.25, 0.3) is 0 Å². The van der Waals surface area contributed by atoms with Crippen molar-refractivity contribution in [2.24, 2.45) is 0 Å². The summed E-state index contributed by atoms with van der Waals surface area (Å²) in [6, 6.07) is 10.4. The predicted molar refractivity (Wildman–Crippen MR) is 88.1 cm³/mol. The number of nitrogens with one attached hydrogen (secondary N) is 1. The molecule has 1 aromatic heterocycles. The zero-order valence-electron chi connectivity index (χ0n) is 12.9. The lowest BCUT2D eigenvalue weighted by Gasteiger charge is -2.18. The second-order valence-electron chi connectivity index (χ2n) is 5.94. The van der Waals surface area contributed by atoms with Crippen LogP contribution in [-0.2, 0) is 12.0 Å². The number of benzene rings is 1. The zero-order valence-corrected chi connectivity index (χ0v) is 13.7. The van der Waals surface area contributed by atoms with Gasteiger partial charge in [-0.15, -0.1) is 0 Å². The SMILES string of the molecule is CNCc1sc(N(C)c2ccccc2)nc1C(C)(C)C. The summed E-state index contributed by atoms with van der Waals surface area (Å²) in [5.74, 6) is 0. The van der Waals surface area contributed by atoms with Gasteiger partial charge < -0.3 is 10.2 Å². The smallest absolute Gasteiger partial charge is 0.190 e. The molecular formula is C16H23N3S. The van der Waals surface area contributed by atoms with Crippen molar-refractivity contribution < 1.29 is 0 Å². The molecule has 0 fully saturated rings. The van der Waals surface area contributed by atoms with Crippen molar-refractivity contribution in [3.63, 3.8) is 0 Å². The topological polar surface area (TPSA) is 28.2 Å². The summed E-state index contributed by atoms with van der Waals surface area (Å²) in [4.78, 5) is 8.35. The van der Waals surface area contributed by atoms with Gasteiger partial charge in [0.1, 0.15) is 0 Å². The molecular weight excluding hydrogens is 266 g/mol. The number of thiazole rings is 1. The Labute approximate surface area is 125 Å². The summed E-state index contributed by atoms with van der Waals surface area (Å²) in [6.45, 7) is 7.52. The fourth-order valence-electron chi connectivity index (χ4n) is 2.11. The lowest BCUT2D eigenvalue weighted by atomic mass is 9.91. The molecule has 0 aliphatic carbocycles. The Bertz CT molecular complexity index is 555. The molecule has 0 atom stereocenters. The van der Waals surface area contributed by atoms with Crippen LogP contribution in [0.4, 0.5) is 10.8 Å². The Balaban J connectivity index is 2.38. The highest BCUT2D eigenvalue weighted by molar-refractivity contribution is 7.15. The van der Waals surface area contributed by atoms with Crippen LogP contribution in [0.5, 0.6) is 0 Å². The summed E-state index contributed by atoms with van der Waals surface area (Å²) in [5, 5.41) is 4.29. The third-order valence-electron chi connectivity index (χ3n) is 3.16. The largest absolute Gasteiger partial charge is 0.321 e. The lowest BCUT2D eigenvalue weighted by Crippen LogP contribution is -2.17. The van der Waals surface area contributed by atoms with Crippen LogP contribution in [0.2, 0.25) is 0 Å². The van der Waals surface area contributed by atoms with E-state index in [2.05, 4.69) is 62.3 Å². The average molecular weight is 289 g/mol. The molecule has 0 amide bonds. The minimum Gasteiger partial charge on any atom is -0.321 e. The van der Waals surface area contributed by atoms with Gasteiger partial charge in [-0.3, -0.25) is 0 Å². The molecule has 0 bridgehead atoms. The lowest BCUT2D eigenvalue weighted by molar-refractivity contribution is 0.563. The molecule has 0 aliphatic rings. The van der Waals surface area contributed by atoms with E-state index in [4.69, 9.17) is 4.98 Å². The summed E-state index contributed by atoms with van der Waals surface area (Å²) < 4.78 is 0. The van der Waals surface area contributed by atoms with Gasteiger partial charge in [-0.25, -0.2) is 4.98 Å². The molecule has 0 unspecified atom stereocenters. The van der Waals surface area contributed by atoms with Crippen LogP contribution in [0.1, 0.15) is 31.3 Å². The maximum atomic E-state index is 4.88. The molecule has 2 rings (SSSR count). The van der Waals surface area contributed by atoms with E-state index in [1.165, 1.54) is 10.6 Å². The Morgan fingerprint density at radius 2 is 1.85 bits per heavy atom. The molecule has 0 spiro atoms. The monoisotopic (exact) mass is 289 g/mol. The second-order valence-corrected chi connectivity index (χ2v) is 7.01. The maximum Gasteiger partial charge on any atom is 0.190 e. The number of anilines is 2. The van der Waals surface area contributed by atoms with Gasteiger partial charge >= 0.3 is 0 Å². The number of aromatic nitrogens is 1. The number of para-hydroxylation sites is 1. The number of hydrogen-bond acceptors (Lipinski definition) is 4. The first-order chi connectivity index (χ1) is 9.43. The van der Waals surface area contributed by atoms with Gasteiger partial charge in [-0.1, -0.05) is 50.3 Å². The molecule has 0 saturated heterocycles. The molecule has 1 aromatic carbocycles. The van der Waals surface area contributed by atoms with Crippen LogP contribution in [0, 0.1) is 0 Å². The molecule has 0 radical (unpaired) electrons. The van der Waals surface area contributed by atoms with Gasteiger partial charge in [0.05, 0.1) is 5.69 Å². The summed E-state index contributed by atoms with van der Waals surface area (Å²) >= 11 is 1.77. The van der Waals surface area contributed by atoms with Gasteiger partial charge in [-0.2, -0.15) is 0 Å². The van der Waals surface area contributed by atoms with Crippen LogP contribution in [0.3, 0.4) is 0 Å². The van der Waals surface area contributed by atoms with Gasteiger partial charge in [0.25, 0.3) is 0 Å². The van der Waals surface area contributed by atoms with E-state index < -0.39 is 0 Å². The fourth-order valence-corrected chi connectivity index (χ4v) is 3.38. The highest BCUT2D eigenvalue weighted by atomic mass is 32.1. The van der Waals surface area contributed by atoms with Crippen molar-refractivity contribution in [3.8, 4) is 0 Å². The van der Waals surface area contributed by atoms with E-state index in [1.54, 1.807) is 11.3 Å². The standard InChI is InChI=1S/C16H23N3S/c1-16(2,3)14-13(11-17-4)20-15(18-14)19(5)12-9-7-6-8-10-12/h6-10,17H,11H2,1-5H3. The average Bonchev–Trinajstić information content (AvgIpc) is 2.83. The third-order valence-corrected chi connectivity index (χ3v) is 4.30. The zero-order chi connectivity index (χ0) is 14.8. The van der Waals surface area contributed by atoms with E-state index in [0.29, 0.717) is 0 Å². The predicted octanol–water partition coefficient (Wildman–Crippen LogP) is 3.93. The van der Waals surface area contributed by atoms with Crippen molar-refractivity contribution >= 4 is 22.2 Å². The van der Waals surface area contributed by atoms with Gasteiger partial charge in [0.2, 0.25) is 0 Å². The molecule has 1 heterocycles. The van der Waals surface area contributed by atoms with Gasteiger partial charge in [0.15, 0.2) is 5.13 Å². The van der Waals surface area contributed by atoms with Crippen molar-refractivity contribution in [3.05, 3.63) is 40.9 Å². The van der Waals surface area contributed by atoms with Crippen LogP contribution < -0.4 is 10.2 Å².